The first kappa shape index (κ1) is 14.8. The van der Waals surface area contributed by atoms with E-state index < -0.39 is 0 Å². The molecule has 0 saturated carbocycles. The first-order chi connectivity index (χ1) is 10.5. The molecule has 1 aliphatic heterocycles. The van der Waals surface area contributed by atoms with Crippen molar-refractivity contribution in [2.45, 2.75) is 33.6 Å². The Morgan fingerprint density at radius 2 is 1.86 bits per heavy atom. The fraction of sp³-hybridized carbons (Fsp3) is 0.316. The zero-order valence-electron chi connectivity index (χ0n) is 13.2. The summed E-state index contributed by atoms with van der Waals surface area (Å²) in [6.07, 6.45) is 1.93. The number of carbonyl (C=O) groups is 1. The van der Waals surface area contributed by atoms with Crippen LogP contribution in [0.2, 0.25) is 0 Å². The fourth-order valence-corrected chi connectivity index (χ4v) is 3.17. The number of halogens is 1. The summed E-state index contributed by atoms with van der Waals surface area (Å²) < 4.78 is 13.8. The highest BCUT2D eigenvalue weighted by molar-refractivity contribution is 6.07. The van der Waals surface area contributed by atoms with Crippen LogP contribution in [0.15, 0.2) is 30.3 Å². The van der Waals surface area contributed by atoms with Crippen LogP contribution in [0, 0.1) is 26.6 Å². The number of benzene rings is 2. The first-order valence-corrected chi connectivity index (χ1v) is 7.65. The minimum Gasteiger partial charge on any atom is -0.308 e. The molecule has 1 aliphatic rings. The van der Waals surface area contributed by atoms with Crippen molar-refractivity contribution < 1.29 is 9.18 Å². The normalized spacial score (nSPS) is 13.9. The Morgan fingerprint density at radius 3 is 2.59 bits per heavy atom. The van der Waals surface area contributed by atoms with Crippen molar-refractivity contribution in [3.63, 3.8) is 0 Å². The van der Waals surface area contributed by atoms with E-state index >= 15 is 0 Å². The van der Waals surface area contributed by atoms with Crippen LogP contribution in [-0.4, -0.2) is 12.5 Å². The second-order valence-electron chi connectivity index (χ2n) is 6.10. The van der Waals surface area contributed by atoms with Crippen LogP contribution in [0.4, 0.5) is 10.1 Å². The SMILES string of the molecule is Cc1cc(C)c2c(c1)N(C(=O)c1ccc(C)c(F)c1)CCC2. The molecule has 0 radical (unpaired) electrons. The lowest BCUT2D eigenvalue weighted by Gasteiger charge is -2.31. The molecule has 2 nitrogen and oxygen atoms in total. The molecule has 1 amide bonds. The second kappa shape index (κ2) is 5.56. The monoisotopic (exact) mass is 297 g/mol. The molecule has 22 heavy (non-hydrogen) atoms. The van der Waals surface area contributed by atoms with Crippen LogP contribution >= 0.6 is 0 Å². The largest absolute Gasteiger partial charge is 0.308 e. The van der Waals surface area contributed by atoms with E-state index in [1.54, 1.807) is 24.0 Å². The third-order valence-corrected chi connectivity index (χ3v) is 4.36. The van der Waals surface area contributed by atoms with E-state index in [2.05, 4.69) is 19.1 Å². The summed E-state index contributed by atoms with van der Waals surface area (Å²) in [5.41, 5.74) is 5.55. The van der Waals surface area contributed by atoms with Gasteiger partial charge in [0.2, 0.25) is 0 Å². The average Bonchev–Trinajstić information content (AvgIpc) is 2.49. The Bertz CT molecular complexity index is 751. The smallest absolute Gasteiger partial charge is 0.258 e. The van der Waals surface area contributed by atoms with E-state index in [0.717, 1.165) is 24.1 Å². The van der Waals surface area contributed by atoms with Crippen molar-refractivity contribution in [1.29, 1.82) is 0 Å². The third kappa shape index (κ3) is 2.52. The topological polar surface area (TPSA) is 20.3 Å². The molecule has 0 fully saturated rings. The van der Waals surface area contributed by atoms with Crippen molar-refractivity contribution >= 4 is 11.6 Å². The van der Waals surface area contributed by atoms with Crippen LogP contribution in [0.5, 0.6) is 0 Å². The predicted octanol–water partition coefficient (Wildman–Crippen LogP) is 4.34. The number of rotatable bonds is 1. The predicted molar refractivity (Wildman–Crippen MR) is 87.1 cm³/mol. The summed E-state index contributed by atoms with van der Waals surface area (Å²) in [6, 6.07) is 8.92. The summed E-state index contributed by atoms with van der Waals surface area (Å²) in [6.45, 7) is 6.51. The summed E-state index contributed by atoms with van der Waals surface area (Å²) in [4.78, 5) is 14.6. The summed E-state index contributed by atoms with van der Waals surface area (Å²) in [7, 11) is 0. The van der Waals surface area contributed by atoms with Crippen LogP contribution < -0.4 is 4.90 Å². The molecule has 0 saturated heterocycles. The van der Waals surface area contributed by atoms with Crippen molar-refractivity contribution in [3.05, 3.63) is 64.0 Å². The van der Waals surface area contributed by atoms with E-state index in [-0.39, 0.29) is 11.7 Å². The van der Waals surface area contributed by atoms with E-state index in [0.29, 0.717) is 17.7 Å². The van der Waals surface area contributed by atoms with Gasteiger partial charge in [-0.05, 0) is 74.1 Å². The maximum absolute atomic E-state index is 13.8. The van der Waals surface area contributed by atoms with Crippen molar-refractivity contribution in [1.82, 2.24) is 0 Å². The standard InChI is InChI=1S/C19H20FNO/c1-12-9-14(3)16-5-4-8-21(18(16)10-12)19(22)15-7-6-13(2)17(20)11-15/h6-7,9-11H,4-5,8H2,1-3H3. The van der Waals surface area contributed by atoms with Gasteiger partial charge in [0.1, 0.15) is 5.82 Å². The van der Waals surface area contributed by atoms with E-state index in [4.69, 9.17) is 0 Å². The maximum atomic E-state index is 13.8. The van der Waals surface area contributed by atoms with Crippen molar-refractivity contribution in [2.24, 2.45) is 0 Å². The van der Waals surface area contributed by atoms with Gasteiger partial charge in [0, 0.05) is 17.8 Å². The Balaban J connectivity index is 2.03. The average molecular weight is 297 g/mol. The lowest BCUT2D eigenvalue weighted by atomic mass is 9.94. The highest BCUT2D eigenvalue weighted by Crippen LogP contribution is 2.32. The third-order valence-electron chi connectivity index (χ3n) is 4.36. The van der Waals surface area contributed by atoms with Gasteiger partial charge in [-0.3, -0.25) is 4.79 Å². The lowest BCUT2D eigenvalue weighted by molar-refractivity contribution is 0.0984. The molecule has 3 heteroatoms. The Hall–Kier alpha value is -2.16. The molecule has 0 spiro atoms. The van der Waals surface area contributed by atoms with Gasteiger partial charge >= 0.3 is 0 Å². The molecular weight excluding hydrogens is 277 g/mol. The summed E-state index contributed by atoms with van der Waals surface area (Å²) >= 11 is 0. The van der Waals surface area contributed by atoms with Gasteiger partial charge in [0.05, 0.1) is 0 Å². The van der Waals surface area contributed by atoms with Gasteiger partial charge in [0.25, 0.3) is 5.91 Å². The Morgan fingerprint density at radius 1 is 1.09 bits per heavy atom. The molecular formula is C19H20FNO. The van der Waals surface area contributed by atoms with E-state index in [1.807, 2.05) is 6.92 Å². The number of anilines is 1. The highest BCUT2D eigenvalue weighted by atomic mass is 19.1. The van der Waals surface area contributed by atoms with Gasteiger partial charge in [-0.25, -0.2) is 4.39 Å². The molecule has 0 N–H and O–H groups in total. The van der Waals surface area contributed by atoms with Gasteiger partial charge < -0.3 is 4.90 Å². The highest BCUT2D eigenvalue weighted by Gasteiger charge is 2.25. The van der Waals surface area contributed by atoms with Crippen molar-refractivity contribution in [2.75, 3.05) is 11.4 Å². The summed E-state index contributed by atoms with van der Waals surface area (Å²) in [5, 5.41) is 0. The molecule has 2 aromatic carbocycles. The quantitative estimate of drug-likeness (QED) is 0.766. The zero-order valence-corrected chi connectivity index (χ0v) is 13.2. The van der Waals surface area contributed by atoms with Crippen LogP contribution in [0.1, 0.15) is 39.0 Å². The summed E-state index contributed by atoms with van der Waals surface area (Å²) in [5.74, 6) is -0.451. The van der Waals surface area contributed by atoms with Crippen LogP contribution in [0.3, 0.4) is 0 Å². The van der Waals surface area contributed by atoms with Gasteiger partial charge in [-0.15, -0.1) is 0 Å². The molecule has 114 valence electrons. The number of fused-ring (bicyclic) bond motifs is 1. The minimum absolute atomic E-state index is 0.121. The lowest BCUT2D eigenvalue weighted by Crippen LogP contribution is -2.36. The molecule has 3 rings (SSSR count). The van der Waals surface area contributed by atoms with Gasteiger partial charge in [0.15, 0.2) is 0 Å². The van der Waals surface area contributed by atoms with Gasteiger partial charge in [-0.2, -0.15) is 0 Å². The first-order valence-electron chi connectivity index (χ1n) is 7.65. The molecule has 0 unspecified atom stereocenters. The Kier molecular flexibility index (Phi) is 3.73. The second-order valence-corrected chi connectivity index (χ2v) is 6.10. The maximum Gasteiger partial charge on any atom is 0.258 e. The number of carbonyl (C=O) groups excluding carboxylic acids is 1. The minimum atomic E-state index is -0.330. The number of amides is 1. The molecule has 2 aromatic rings. The fourth-order valence-electron chi connectivity index (χ4n) is 3.17. The number of hydrogen-bond donors (Lipinski definition) is 0. The zero-order chi connectivity index (χ0) is 15.9. The molecule has 0 aromatic heterocycles. The number of aryl methyl sites for hydroxylation is 3. The molecule has 0 aliphatic carbocycles. The molecule has 1 heterocycles. The van der Waals surface area contributed by atoms with E-state index in [1.165, 1.54) is 17.2 Å². The molecule has 0 bridgehead atoms. The number of hydrogen-bond acceptors (Lipinski definition) is 1. The van der Waals surface area contributed by atoms with Crippen LogP contribution in [-0.2, 0) is 6.42 Å². The number of nitrogens with zero attached hydrogens (tertiary/aromatic N) is 1. The molecule has 0 atom stereocenters. The van der Waals surface area contributed by atoms with E-state index in [9.17, 15) is 9.18 Å². The van der Waals surface area contributed by atoms with Crippen molar-refractivity contribution in [3.8, 4) is 0 Å². The van der Waals surface area contributed by atoms with Crippen LogP contribution in [0.25, 0.3) is 0 Å². The Labute approximate surface area is 130 Å². The van der Waals surface area contributed by atoms with Gasteiger partial charge in [-0.1, -0.05) is 12.1 Å².